The molecule has 0 unspecified atom stereocenters. The predicted octanol–water partition coefficient (Wildman–Crippen LogP) is 2.32. The average Bonchev–Trinajstić information content (AvgIpc) is 3.04. The van der Waals surface area contributed by atoms with E-state index < -0.39 is 11.4 Å². The Hall–Kier alpha value is -2.83. The van der Waals surface area contributed by atoms with Crippen molar-refractivity contribution in [3.05, 3.63) is 36.0 Å². The van der Waals surface area contributed by atoms with Crippen LogP contribution in [0.4, 0.5) is 0 Å². The first-order valence-corrected chi connectivity index (χ1v) is 7.54. The van der Waals surface area contributed by atoms with Gasteiger partial charge < -0.3 is 15.2 Å². The van der Waals surface area contributed by atoms with E-state index in [1.54, 1.807) is 33.1 Å². The minimum atomic E-state index is -0.890. The lowest BCUT2D eigenvalue weighted by Gasteiger charge is -2.18. The van der Waals surface area contributed by atoms with Gasteiger partial charge in [-0.15, -0.1) is 0 Å². The molecule has 0 bridgehead atoms. The molecule has 3 N–H and O–H groups in total. The summed E-state index contributed by atoms with van der Waals surface area (Å²) in [6.07, 6.45) is 1.79. The summed E-state index contributed by atoms with van der Waals surface area (Å²) in [6.45, 7) is 3.52. The number of hydrogen-bond acceptors (Lipinski definition) is 4. The Morgan fingerprint density at radius 2 is 1.96 bits per heavy atom. The number of hydrogen-bond donors (Lipinski definition) is 3. The van der Waals surface area contributed by atoms with E-state index in [9.17, 15) is 9.59 Å². The number of aromatic amines is 1. The molecular formula is C17H21N3O4. The van der Waals surface area contributed by atoms with Crippen LogP contribution < -0.4 is 10.1 Å². The Labute approximate surface area is 140 Å². The molecule has 7 heteroatoms. The molecule has 0 saturated heterocycles. The molecule has 1 aromatic carbocycles. The summed E-state index contributed by atoms with van der Waals surface area (Å²) in [7, 11) is 1.59. The second kappa shape index (κ2) is 7.16. The quantitative estimate of drug-likeness (QED) is 0.722. The maximum Gasteiger partial charge on any atom is 0.309 e. The molecule has 128 valence electrons. The van der Waals surface area contributed by atoms with Crippen molar-refractivity contribution in [2.45, 2.75) is 20.3 Å². The van der Waals surface area contributed by atoms with E-state index >= 15 is 0 Å². The summed E-state index contributed by atoms with van der Waals surface area (Å²) in [5.41, 5.74) is 0.938. The van der Waals surface area contributed by atoms with Crippen LogP contribution >= 0.6 is 0 Å². The van der Waals surface area contributed by atoms with Gasteiger partial charge in [-0.1, -0.05) is 0 Å². The number of amides is 1. The summed E-state index contributed by atoms with van der Waals surface area (Å²) < 4.78 is 5.12. The smallest absolute Gasteiger partial charge is 0.309 e. The number of aliphatic carboxylic acids is 1. The number of nitrogens with one attached hydrogen (secondary N) is 2. The second-order valence-electron chi connectivity index (χ2n) is 6.08. The average molecular weight is 331 g/mol. The van der Waals surface area contributed by atoms with Gasteiger partial charge in [-0.25, -0.2) is 0 Å². The molecule has 7 nitrogen and oxygen atoms in total. The van der Waals surface area contributed by atoms with Crippen LogP contribution in [0.2, 0.25) is 0 Å². The fourth-order valence-corrected chi connectivity index (χ4v) is 2.13. The molecule has 0 radical (unpaired) electrons. The maximum absolute atomic E-state index is 12.3. The van der Waals surface area contributed by atoms with Crippen molar-refractivity contribution < 1.29 is 19.4 Å². The number of carboxylic acid groups (broad SMARTS) is 1. The number of H-pyrrole nitrogens is 1. The van der Waals surface area contributed by atoms with E-state index in [-0.39, 0.29) is 12.5 Å². The van der Waals surface area contributed by atoms with Gasteiger partial charge in [-0.3, -0.25) is 14.7 Å². The number of nitrogens with zero attached hydrogens (tertiary/aromatic N) is 1. The zero-order valence-electron chi connectivity index (χ0n) is 13.9. The summed E-state index contributed by atoms with van der Waals surface area (Å²) in [4.78, 5) is 23.4. The lowest BCUT2D eigenvalue weighted by atomic mass is 9.89. The van der Waals surface area contributed by atoms with Crippen molar-refractivity contribution >= 4 is 11.9 Å². The minimum Gasteiger partial charge on any atom is -0.497 e. The second-order valence-corrected chi connectivity index (χ2v) is 6.08. The molecule has 0 spiro atoms. The number of rotatable bonds is 7. The van der Waals surface area contributed by atoms with Gasteiger partial charge in [0.15, 0.2) is 0 Å². The van der Waals surface area contributed by atoms with Crippen LogP contribution in [0.5, 0.6) is 5.75 Å². The summed E-state index contributed by atoms with van der Waals surface area (Å²) >= 11 is 0. The molecule has 0 aliphatic heterocycles. The highest BCUT2D eigenvalue weighted by Crippen LogP contribution is 2.24. The van der Waals surface area contributed by atoms with Crippen LogP contribution in [0.3, 0.4) is 0 Å². The minimum absolute atomic E-state index is 0.269. The third-order valence-corrected chi connectivity index (χ3v) is 3.88. The Balaban J connectivity index is 2.06. The SMILES string of the molecule is COc1ccc(-c2[nH]ncc2C(=O)NCCC(C)(C)C(=O)O)cc1. The van der Waals surface area contributed by atoms with Crippen molar-refractivity contribution in [2.75, 3.05) is 13.7 Å². The largest absolute Gasteiger partial charge is 0.497 e. The molecule has 2 rings (SSSR count). The van der Waals surface area contributed by atoms with Crippen molar-refractivity contribution in [1.29, 1.82) is 0 Å². The molecule has 1 amide bonds. The fraction of sp³-hybridized carbons (Fsp3) is 0.353. The number of benzene rings is 1. The number of carbonyl (C=O) groups excluding carboxylic acids is 1. The Morgan fingerprint density at radius 3 is 2.54 bits per heavy atom. The van der Waals surface area contributed by atoms with Crippen LogP contribution in [0.1, 0.15) is 30.6 Å². The zero-order chi connectivity index (χ0) is 17.7. The van der Waals surface area contributed by atoms with Gasteiger partial charge in [0.2, 0.25) is 0 Å². The topological polar surface area (TPSA) is 104 Å². The molecule has 0 aliphatic carbocycles. The molecule has 1 heterocycles. The van der Waals surface area contributed by atoms with Gasteiger partial charge in [0.25, 0.3) is 5.91 Å². The monoisotopic (exact) mass is 331 g/mol. The third-order valence-electron chi connectivity index (χ3n) is 3.88. The van der Waals surface area contributed by atoms with Gasteiger partial charge in [-0.05, 0) is 44.5 Å². The van der Waals surface area contributed by atoms with Crippen LogP contribution in [0.15, 0.2) is 30.5 Å². The number of carboxylic acids is 1. The maximum atomic E-state index is 12.3. The molecule has 2 aromatic rings. The van der Waals surface area contributed by atoms with Gasteiger partial charge >= 0.3 is 5.97 Å². The van der Waals surface area contributed by atoms with Gasteiger partial charge in [0, 0.05) is 12.1 Å². The van der Waals surface area contributed by atoms with Crippen molar-refractivity contribution in [2.24, 2.45) is 5.41 Å². The van der Waals surface area contributed by atoms with Gasteiger partial charge in [-0.2, -0.15) is 5.10 Å². The summed E-state index contributed by atoms with van der Waals surface area (Å²) in [6, 6.07) is 7.26. The van der Waals surface area contributed by atoms with Crippen LogP contribution in [0.25, 0.3) is 11.3 Å². The van der Waals surface area contributed by atoms with E-state index in [0.29, 0.717) is 17.7 Å². The molecular weight excluding hydrogens is 310 g/mol. The standard InChI is InChI=1S/C17H21N3O4/c1-17(2,16(22)23)8-9-18-15(21)13-10-19-20-14(13)11-4-6-12(24-3)7-5-11/h4-7,10H,8-9H2,1-3H3,(H,18,21)(H,19,20)(H,22,23). The van der Waals surface area contributed by atoms with E-state index in [4.69, 9.17) is 9.84 Å². The van der Waals surface area contributed by atoms with E-state index in [1.807, 2.05) is 12.1 Å². The van der Waals surface area contributed by atoms with E-state index in [1.165, 1.54) is 6.20 Å². The number of methoxy groups -OCH3 is 1. The normalized spacial score (nSPS) is 11.1. The van der Waals surface area contributed by atoms with Crippen LogP contribution in [0, 0.1) is 5.41 Å². The van der Waals surface area contributed by atoms with Gasteiger partial charge in [0.05, 0.1) is 30.0 Å². The van der Waals surface area contributed by atoms with Crippen molar-refractivity contribution in [1.82, 2.24) is 15.5 Å². The molecule has 0 aliphatic rings. The highest BCUT2D eigenvalue weighted by molar-refractivity contribution is 5.99. The molecule has 0 saturated carbocycles. The molecule has 24 heavy (non-hydrogen) atoms. The summed E-state index contributed by atoms with van der Waals surface area (Å²) in [5.74, 6) is -0.463. The Morgan fingerprint density at radius 1 is 1.29 bits per heavy atom. The van der Waals surface area contributed by atoms with Gasteiger partial charge in [0.1, 0.15) is 5.75 Å². The zero-order valence-corrected chi connectivity index (χ0v) is 13.9. The highest BCUT2D eigenvalue weighted by atomic mass is 16.5. The first-order valence-electron chi connectivity index (χ1n) is 7.54. The van der Waals surface area contributed by atoms with Crippen LogP contribution in [-0.2, 0) is 4.79 Å². The van der Waals surface area contributed by atoms with Crippen LogP contribution in [-0.4, -0.2) is 40.8 Å². The van der Waals surface area contributed by atoms with E-state index in [0.717, 1.165) is 11.3 Å². The predicted molar refractivity (Wildman–Crippen MR) is 88.9 cm³/mol. The Kier molecular flexibility index (Phi) is 5.23. The fourth-order valence-electron chi connectivity index (χ4n) is 2.13. The number of carbonyl (C=O) groups is 2. The number of ether oxygens (including phenoxy) is 1. The lowest BCUT2D eigenvalue weighted by Crippen LogP contribution is -2.32. The highest BCUT2D eigenvalue weighted by Gasteiger charge is 2.27. The first kappa shape index (κ1) is 17.5. The molecule has 0 fully saturated rings. The Bertz CT molecular complexity index is 720. The first-order chi connectivity index (χ1) is 11.3. The number of aromatic nitrogens is 2. The lowest BCUT2D eigenvalue weighted by molar-refractivity contribution is -0.147. The molecule has 0 atom stereocenters. The third kappa shape index (κ3) is 3.92. The van der Waals surface area contributed by atoms with E-state index in [2.05, 4.69) is 15.5 Å². The summed E-state index contributed by atoms with van der Waals surface area (Å²) in [5, 5.41) is 18.6. The van der Waals surface area contributed by atoms with Crippen molar-refractivity contribution in [3.63, 3.8) is 0 Å². The van der Waals surface area contributed by atoms with Crippen molar-refractivity contribution in [3.8, 4) is 17.0 Å². The molecule has 1 aromatic heterocycles.